The largest absolute Gasteiger partial charge is 0.356 e. The molecule has 26 heavy (non-hydrogen) atoms. The second kappa shape index (κ2) is 6.51. The molecular formula is C17H19N5O4. The molecule has 0 spiro atoms. The van der Waals surface area contributed by atoms with Gasteiger partial charge < -0.3 is 0 Å². The van der Waals surface area contributed by atoms with Crippen molar-refractivity contribution in [3.05, 3.63) is 77.8 Å². The van der Waals surface area contributed by atoms with Crippen molar-refractivity contribution in [3.8, 4) is 11.4 Å². The standard InChI is InChI=1S/C17H19N5O4/c1-4-8-12-13(14(23)20(3)16(25)19(12)2)22-17(26)21(15(24)18-22)11-9-6-5-7-10-11/h5-7,9-10H,4,8H2,1-3H3,(H,18,24). The Morgan fingerprint density at radius 2 is 1.58 bits per heavy atom. The minimum atomic E-state index is -0.700. The van der Waals surface area contributed by atoms with Gasteiger partial charge in [-0.05, 0) is 18.6 Å². The fourth-order valence-corrected chi connectivity index (χ4v) is 2.95. The van der Waals surface area contributed by atoms with Gasteiger partial charge in [0.15, 0.2) is 5.69 Å². The van der Waals surface area contributed by atoms with Crippen LogP contribution in [0, 0.1) is 0 Å². The van der Waals surface area contributed by atoms with Crippen LogP contribution in [-0.4, -0.2) is 23.5 Å². The lowest BCUT2D eigenvalue weighted by atomic mass is 10.2. The molecule has 0 saturated heterocycles. The summed E-state index contributed by atoms with van der Waals surface area (Å²) in [4.78, 5) is 50.1. The number of nitrogens with zero attached hydrogens (tertiary/aromatic N) is 4. The normalized spacial score (nSPS) is 11.0. The first-order valence-electron chi connectivity index (χ1n) is 8.17. The highest BCUT2D eigenvalue weighted by molar-refractivity contribution is 5.36. The van der Waals surface area contributed by atoms with Crippen LogP contribution in [0.1, 0.15) is 19.0 Å². The molecule has 2 heterocycles. The Hall–Kier alpha value is -3.36. The summed E-state index contributed by atoms with van der Waals surface area (Å²) in [6.07, 6.45) is 1.06. The number of nitrogens with one attached hydrogen (secondary N) is 1. The second-order valence-electron chi connectivity index (χ2n) is 5.96. The minimum Gasteiger partial charge on any atom is -0.298 e. The summed E-state index contributed by atoms with van der Waals surface area (Å²) in [5.74, 6) is 0. The third-order valence-electron chi connectivity index (χ3n) is 4.28. The molecule has 136 valence electrons. The first-order valence-corrected chi connectivity index (χ1v) is 8.17. The van der Waals surface area contributed by atoms with E-state index in [1.165, 1.54) is 18.7 Å². The minimum absolute atomic E-state index is 0.0202. The predicted octanol–water partition coefficient (Wildman–Crippen LogP) is -0.334. The third-order valence-corrected chi connectivity index (χ3v) is 4.28. The number of para-hydroxylation sites is 1. The number of hydrogen-bond donors (Lipinski definition) is 1. The van der Waals surface area contributed by atoms with Gasteiger partial charge in [0.1, 0.15) is 0 Å². The van der Waals surface area contributed by atoms with Gasteiger partial charge in [-0.1, -0.05) is 31.5 Å². The molecule has 0 aliphatic rings. The molecule has 0 saturated carbocycles. The van der Waals surface area contributed by atoms with E-state index in [4.69, 9.17) is 0 Å². The van der Waals surface area contributed by atoms with Crippen molar-refractivity contribution in [2.24, 2.45) is 14.1 Å². The Labute approximate surface area is 147 Å². The average molecular weight is 357 g/mol. The van der Waals surface area contributed by atoms with E-state index in [9.17, 15) is 19.2 Å². The zero-order valence-electron chi connectivity index (χ0n) is 14.7. The van der Waals surface area contributed by atoms with E-state index >= 15 is 0 Å². The summed E-state index contributed by atoms with van der Waals surface area (Å²) in [5, 5.41) is 2.42. The molecule has 0 aliphatic heterocycles. The number of rotatable bonds is 4. The van der Waals surface area contributed by atoms with Crippen LogP contribution in [0.2, 0.25) is 0 Å². The quantitative estimate of drug-likeness (QED) is 0.690. The fraction of sp³-hybridized carbons (Fsp3) is 0.294. The molecule has 0 unspecified atom stereocenters. The van der Waals surface area contributed by atoms with Crippen molar-refractivity contribution in [2.75, 3.05) is 0 Å². The zero-order valence-corrected chi connectivity index (χ0v) is 14.7. The van der Waals surface area contributed by atoms with Gasteiger partial charge in [-0.25, -0.2) is 24.0 Å². The van der Waals surface area contributed by atoms with Crippen LogP contribution in [-0.2, 0) is 20.5 Å². The topological polar surface area (TPSA) is 104 Å². The molecule has 0 aliphatic carbocycles. The number of aromatic nitrogens is 5. The molecule has 3 rings (SSSR count). The molecule has 0 bridgehead atoms. The van der Waals surface area contributed by atoms with Crippen molar-refractivity contribution in [2.45, 2.75) is 19.8 Å². The van der Waals surface area contributed by atoms with Gasteiger partial charge in [0, 0.05) is 14.1 Å². The smallest absolute Gasteiger partial charge is 0.298 e. The lowest BCUT2D eigenvalue weighted by molar-refractivity contribution is 0.619. The Morgan fingerprint density at radius 1 is 0.923 bits per heavy atom. The summed E-state index contributed by atoms with van der Waals surface area (Å²) in [7, 11) is 2.87. The monoisotopic (exact) mass is 357 g/mol. The summed E-state index contributed by atoms with van der Waals surface area (Å²) < 4.78 is 4.10. The molecule has 0 atom stereocenters. The molecule has 9 heteroatoms. The van der Waals surface area contributed by atoms with Crippen molar-refractivity contribution in [3.63, 3.8) is 0 Å². The van der Waals surface area contributed by atoms with Gasteiger partial charge in [0.05, 0.1) is 11.4 Å². The third kappa shape index (κ3) is 2.57. The zero-order chi connectivity index (χ0) is 19.0. The van der Waals surface area contributed by atoms with Gasteiger partial charge in [-0.3, -0.25) is 13.9 Å². The van der Waals surface area contributed by atoms with E-state index in [1.54, 1.807) is 30.3 Å². The molecule has 9 nitrogen and oxygen atoms in total. The van der Waals surface area contributed by atoms with Crippen LogP contribution < -0.4 is 22.6 Å². The Bertz CT molecular complexity index is 1190. The van der Waals surface area contributed by atoms with Crippen molar-refractivity contribution in [1.29, 1.82) is 0 Å². The van der Waals surface area contributed by atoms with Crippen LogP contribution in [0.5, 0.6) is 0 Å². The summed E-state index contributed by atoms with van der Waals surface area (Å²) in [6.45, 7) is 1.90. The fourth-order valence-electron chi connectivity index (χ4n) is 2.95. The van der Waals surface area contributed by atoms with Gasteiger partial charge in [-0.2, -0.15) is 4.68 Å². The summed E-state index contributed by atoms with van der Waals surface area (Å²) >= 11 is 0. The van der Waals surface area contributed by atoms with E-state index in [0.717, 1.165) is 13.8 Å². The predicted molar refractivity (Wildman–Crippen MR) is 96.5 cm³/mol. The van der Waals surface area contributed by atoms with E-state index < -0.39 is 22.6 Å². The van der Waals surface area contributed by atoms with Crippen LogP contribution >= 0.6 is 0 Å². The van der Waals surface area contributed by atoms with E-state index in [2.05, 4.69) is 5.10 Å². The second-order valence-corrected chi connectivity index (χ2v) is 5.96. The first-order chi connectivity index (χ1) is 12.4. The Kier molecular flexibility index (Phi) is 4.37. The SMILES string of the molecule is CCCc1c(-n2[nH]c(=O)n(-c3ccccc3)c2=O)c(=O)n(C)c(=O)n1C. The first kappa shape index (κ1) is 17.5. The molecule has 2 aromatic heterocycles. The summed E-state index contributed by atoms with van der Waals surface area (Å²) in [6, 6.07) is 8.40. The maximum absolute atomic E-state index is 12.9. The molecule has 1 aromatic carbocycles. The lowest BCUT2D eigenvalue weighted by Crippen LogP contribution is -2.43. The van der Waals surface area contributed by atoms with Crippen LogP contribution in [0.15, 0.2) is 49.5 Å². The van der Waals surface area contributed by atoms with Crippen LogP contribution in [0.3, 0.4) is 0 Å². The molecule has 0 amide bonds. The molecule has 1 N–H and O–H groups in total. The Morgan fingerprint density at radius 3 is 2.19 bits per heavy atom. The number of benzene rings is 1. The van der Waals surface area contributed by atoms with Crippen molar-refractivity contribution >= 4 is 0 Å². The maximum Gasteiger partial charge on any atom is 0.356 e. The van der Waals surface area contributed by atoms with Crippen LogP contribution in [0.25, 0.3) is 11.4 Å². The highest BCUT2D eigenvalue weighted by Crippen LogP contribution is 2.08. The van der Waals surface area contributed by atoms with Gasteiger partial charge in [0.2, 0.25) is 0 Å². The van der Waals surface area contributed by atoms with E-state index in [1.807, 2.05) is 6.92 Å². The number of hydrogen-bond acceptors (Lipinski definition) is 4. The molecular weight excluding hydrogens is 338 g/mol. The number of aromatic amines is 1. The summed E-state index contributed by atoms with van der Waals surface area (Å²) in [5.41, 5.74) is -1.73. The molecule has 0 radical (unpaired) electrons. The van der Waals surface area contributed by atoms with Gasteiger partial charge >= 0.3 is 17.1 Å². The van der Waals surface area contributed by atoms with Gasteiger partial charge in [-0.15, -0.1) is 0 Å². The molecule has 0 fully saturated rings. The average Bonchev–Trinajstić information content (AvgIpc) is 2.93. The lowest BCUT2D eigenvalue weighted by Gasteiger charge is -2.14. The van der Waals surface area contributed by atoms with Gasteiger partial charge in [0.25, 0.3) is 5.56 Å². The molecule has 3 aromatic rings. The highest BCUT2D eigenvalue weighted by atomic mass is 16.2. The van der Waals surface area contributed by atoms with E-state index in [0.29, 0.717) is 24.2 Å². The number of H-pyrrole nitrogens is 1. The van der Waals surface area contributed by atoms with Crippen LogP contribution in [0.4, 0.5) is 0 Å². The van der Waals surface area contributed by atoms with Crippen molar-refractivity contribution < 1.29 is 0 Å². The van der Waals surface area contributed by atoms with E-state index in [-0.39, 0.29) is 5.69 Å². The maximum atomic E-state index is 12.9. The highest BCUT2D eigenvalue weighted by Gasteiger charge is 2.21. The Balaban J connectivity index is 2.40. The van der Waals surface area contributed by atoms with Crippen molar-refractivity contribution in [1.82, 2.24) is 23.5 Å².